The Morgan fingerprint density at radius 3 is 2.52 bits per heavy atom. The molecule has 0 unspecified atom stereocenters. The molecular weight excluding hydrogens is 412 g/mol. The summed E-state index contributed by atoms with van der Waals surface area (Å²) in [6.45, 7) is 7.38. The van der Waals surface area contributed by atoms with Gasteiger partial charge in [-0.3, -0.25) is 0 Å². The number of piperazine rings is 1. The van der Waals surface area contributed by atoms with Crippen LogP contribution in [0.1, 0.15) is 22.3 Å². The number of para-hydroxylation sites is 2. The van der Waals surface area contributed by atoms with Crippen molar-refractivity contribution in [2.24, 2.45) is 4.99 Å². The third-order valence-corrected chi connectivity index (χ3v) is 6.08. The maximum absolute atomic E-state index is 12.7. The fraction of sp³-hybridized carbons (Fsp3) is 0.259. The minimum atomic E-state index is -0.0242. The van der Waals surface area contributed by atoms with Crippen LogP contribution in [0.25, 0.3) is 0 Å². The van der Waals surface area contributed by atoms with Gasteiger partial charge in [0, 0.05) is 32.7 Å². The third kappa shape index (κ3) is 4.55. The van der Waals surface area contributed by atoms with Crippen molar-refractivity contribution >= 4 is 17.6 Å². The number of nitrogens with zero attached hydrogens (tertiary/aromatic N) is 3. The lowest BCUT2D eigenvalue weighted by atomic mass is 10.1. The Morgan fingerprint density at radius 2 is 1.70 bits per heavy atom. The van der Waals surface area contributed by atoms with Crippen LogP contribution in [-0.2, 0) is 6.54 Å². The van der Waals surface area contributed by atoms with Gasteiger partial charge in [-0.25, -0.2) is 9.79 Å². The minimum Gasteiger partial charge on any atom is -0.454 e. The summed E-state index contributed by atoms with van der Waals surface area (Å²) in [5.41, 5.74) is 5.27. The van der Waals surface area contributed by atoms with Crippen molar-refractivity contribution in [2.45, 2.75) is 20.4 Å². The summed E-state index contributed by atoms with van der Waals surface area (Å²) < 4.78 is 6.20. The summed E-state index contributed by atoms with van der Waals surface area (Å²) in [4.78, 5) is 21.9. The summed E-state index contributed by atoms with van der Waals surface area (Å²) >= 11 is 0. The predicted octanol–water partition coefficient (Wildman–Crippen LogP) is 5.01. The Morgan fingerprint density at radius 1 is 0.909 bits per heavy atom. The first-order valence-corrected chi connectivity index (χ1v) is 11.4. The first-order valence-electron chi connectivity index (χ1n) is 11.4. The fourth-order valence-electron chi connectivity index (χ4n) is 4.31. The molecule has 2 heterocycles. The van der Waals surface area contributed by atoms with Crippen LogP contribution in [0.5, 0.6) is 11.5 Å². The average Bonchev–Trinajstić information content (AvgIpc) is 2.99. The van der Waals surface area contributed by atoms with Gasteiger partial charge in [-0.05, 0) is 43.7 Å². The van der Waals surface area contributed by atoms with E-state index in [1.54, 1.807) is 0 Å². The maximum Gasteiger partial charge on any atom is 0.317 e. The van der Waals surface area contributed by atoms with E-state index in [0.29, 0.717) is 32.7 Å². The van der Waals surface area contributed by atoms with Crippen molar-refractivity contribution in [1.82, 2.24) is 15.1 Å². The number of amides is 2. The molecule has 0 atom stereocenters. The molecule has 2 amide bonds. The lowest BCUT2D eigenvalue weighted by molar-refractivity contribution is 0.169. The summed E-state index contributed by atoms with van der Waals surface area (Å²) in [7, 11) is 0. The molecule has 0 radical (unpaired) electrons. The summed E-state index contributed by atoms with van der Waals surface area (Å²) in [5, 5.41) is 3.05. The molecule has 5 rings (SSSR count). The number of rotatable bonds is 2. The highest BCUT2D eigenvalue weighted by molar-refractivity contribution is 6.04. The second kappa shape index (κ2) is 8.98. The molecule has 0 saturated carbocycles. The van der Waals surface area contributed by atoms with E-state index in [2.05, 4.69) is 48.3 Å². The standard InChI is InChI=1S/C27H28N4O2/c1-19-6-5-7-21(16-19)18-28-27(32)31-14-12-30(13-15-31)26-22-17-20(2)10-11-24(22)33-25-9-4-3-8-23(25)29-26/h3-11,16-17H,12-15,18H2,1-2H3,(H,28,32). The topological polar surface area (TPSA) is 57.2 Å². The zero-order valence-corrected chi connectivity index (χ0v) is 19.0. The van der Waals surface area contributed by atoms with Gasteiger partial charge in [-0.15, -0.1) is 0 Å². The Hall–Kier alpha value is -3.80. The molecule has 1 N–H and O–H groups in total. The number of ether oxygens (including phenoxy) is 1. The first-order chi connectivity index (χ1) is 16.1. The quantitative estimate of drug-likeness (QED) is 0.609. The van der Waals surface area contributed by atoms with Crippen molar-refractivity contribution in [2.75, 3.05) is 26.2 Å². The van der Waals surface area contributed by atoms with E-state index in [4.69, 9.17) is 9.73 Å². The molecule has 33 heavy (non-hydrogen) atoms. The van der Waals surface area contributed by atoms with Crippen LogP contribution in [0.4, 0.5) is 10.5 Å². The highest BCUT2D eigenvalue weighted by atomic mass is 16.5. The third-order valence-electron chi connectivity index (χ3n) is 6.08. The molecule has 168 valence electrons. The second-order valence-electron chi connectivity index (χ2n) is 8.63. The molecule has 2 aliphatic heterocycles. The van der Waals surface area contributed by atoms with E-state index in [1.165, 1.54) is 5.56 Å². The van der Waals surface area contributed by atoms with Crippen LogP contribution in [0.2, 0.25) is 0 Å². The maximum atomic E-state index is 12.7. The lowest BCUT2D eigenvalue weighted by Crippen LogP contribution is -2.53. The van der Waals surface area contributed by atoms with E-state index >= 15 is 0 Å². The second-order valence-corrected chi connectivity index (χ2v) is 8.63. The Kier molecular flexibility index (Phi) is 5.73. The van der Waals surface area contributed by atoms with Crippen molar-refractivity contribution < 1.29 is 9.53 Å². The van der Waals surface area contributed by atoms with Crippen LogP contribution in [-0.4, -0.2) is 47.8 Å². The molecule has 1 saturated heterocycles. The van der Waals surface area contributed by atoms with Crippen molar-refractivity contribution in [3.8, 4) is 11.5 Å². The van der Waals surface area contributed by atoms with E-state index in [0.717, 1.165) is 39.7 Å². The number of benzene rings is 3. The van der Waals surface area contributed by atoms with Crippen molar-refractivity contribution in [3.05, 3.63) is 89.0 Å². The molecule has 6 nitrogen and oxygen atoms in total. The number of fused-ring (bicyclic) bond motifs is 2. The molecule has 3 aromatic carbocycles. The van der Waals surface area contributed by atoms with Crippen molar-refractivity contribution in [1.29, 1.82) is 0 Å². The van der Waals surface area contributed by atoms with Crippen LogP contribution in [0, 0.1) is 13.8 Å². The van der Waals surface area contributed by atoms with Crippen LogP contribution in [0.3, 0.4) is 0 Å². The fourth-order valence-corrected chi connectivity index (χ4v) is 4.31. The van der Waals surface area contributed by atoms with Crippen molar-refractivity contribution in [3.63, 3.8) is 0 Å². The Balaban J connectivity index is 1.30. The number of hydrogen-bond acceptors (Lipinski definition) is 4. The average molecular weight is 441 g/mol. The van der Waals surface area contributed by atoms with Gasteiger partial charge in [-0.1, -0.05) is 53.6 Å². The largest absolute Gasteiger partial charge is 0.454 e. The first kappa shape index (κ1) is 21.1. The van der Waals surface area contributed by atoms with Gasteiger partial charge in [0.25, 0.3) is 0 Å². The number of aryl methyl sites for hydroxylation is 2. The number of aliphatic imine (C=N–C) groups is 1. The van der Waals surface area contributed by atoms with E-state index < -0.39 is 0 Å². The molecule has 3 aromatic rings. The molecule has 2 aliphatic rings. The molecule has 1 fully saturated rings. The molecule has 0 aromatic heterocycles. The van der Waals surface area contributed by atoms with E-state index in [1.807, 2.05) is 47.4 Å². The minimum absolute atomic E-state index is 0.0242. The Labute approximate surface area is 194 Å². The Bertz CT molecular complexity index is 1210. The zero-order valence-electron chi connectivity index (χ0n) is 19.0. The zero-order chi connectivity index (χ0) is 22.8. The number of carbonyl (C=O) groups excluding carboxylic acids is 1. The van der Waals surface area contributed by atoms with E-state index in [9.17, 15) is 4.79 Å². The van der Waals surface area contributed by atoms with Gasteiger partial charge in [0.15, 0.2) is 5.75 Å². The normalized spacial score (nSPS) is 15.0. The van der Waals surface area contributed by atoms with Crippen LogP contribution >= 0.6 is 0 Å². The molecule has 0 spiro atoms. The molecule has 0 bridgehead atoms. The van der Waals surface area contributed by atoms with Gasteiger partial charge in [0.05, 0.1) is 5.56 Å². The number of amidine groups is 1. The monoisotopic (exact) mass is 440 g/mol. The molecule has 0 aliphatic carbocycles. The number of nitrogens with one attached hydrogen (secondary N) is 1. The number of hydrogen-bond donors (Lipinski definition) is 1. The summed E-state index contributed by atoms with van der Waals surface area (Å²) in [6, 6.07) is 22.2. The molecular formula is C27H28N4O2. The highest BCUT2D eigenvalue weighted by Crippen LogP contribution is 2.38. The number of urea groups is 1. The SMILES string of the molecule is Cc1cccc(CNC(=O)N2CCN(C3=Nc4ccccc4Oc4ccc(C)cc43)CC2)c1. The number of carbonyl (C=O) groups is 1. The van der Waals surface area contributed by atoms with E-state index in [-0.39, 0.29) is 6.03 Å². The molecule has 6 heteroatoms. The van der Waals surface area contributed by atoms with Crippen LogP contribution in [0.15, 0.2) is 71.7 Å². The van der Waals surface area contributed by atoms with Gasteiger partial charge in [0.2, 0.25) is 0 Å². The summed E-state index contributed by atoms with van der Waals surface area (Å²) in [5.74, 6) is 2.47. The summed E-state index contributed by atoms with van der Waals surface area (Å²) in [6.07, 6.45) is 0. The smallest absolute Gasteiger partial charge is 0.317 e. The van der Waals surface area contributed by atoms with Gasteiger partial charge >= 0.3 is 6.03 Å². The lowest BCUT2D eigenvalue weighted by Gasteiger charge is -2.36. The van der Waals surface area contributed by atoms with Crippen LogP contribution < -0.4 is 10.1 Å². The van der Waals surface area contributed by atoms with Gasteiger partial charge in [0.1, 0.15) is 17.3 Å². The predicted molar refractivity (Wildman–Crippen MR) is 130 cm³/mol. The van der Waals surface area contributed by atoms with Gasteiger partial charge < -0.3 is 19.9 Å². The highest BCUT2D eigenvalue weighted by Gasteiger charge is 2.27. The van der Waals surface area contributed by atoms with Gasteiger partial charge in [-0.2, -0.15) is 0 Å².